The summed E-state index contributed by atoms with van der Waals surface area (Å²) >= 11 is 6.18. The van der Waals surface area contributed by atoms with Gasteiger partial charge in [-0.15, -0.1) is 0 Å². The number of pyridine rings is 2. The van der Waals surface area contributed by atoms with E-state index >= 15 is 0 Å². The molecule has 2 aromatic heterocycles. The Balaban J connectivity index is 2.02. The smallest absolute Gasteiger partial charge is 0.412 e. The Morgan fingerprint density at radius 3 is 2.79 bits per heavy atom. The van der Waals surface area contributed by atoms with Crippen LogP contribution in [0, 0.1) is 0 Å². The van der Waals surface area contributed by atoms with Gasteiger partial charge in [-0.25, -0.2) is 9.78 Å². The highest BCUT2D eigenvalue weighted by molar-refractivity contribution is 6.33. The Kier molecular flexibility index (Phi) is 6.02. The molecule has 1 saturated heterocycles. The SMILES string of the molecule is COC(=O)Nc1cc(-c2cc(N3CCCC[C@@H]3C(F)(F)F)[nH]c(=O)c2)c(Cl)cn1. The molecule has 0 unspecified atom stereocenters. The van der Waals surface area contributed by atoms with Crippen molar-refractivity contribution in [2.24, 2.45) is 0 Å². The van der Waals surface area contributed by atoms with Crippen LogP contribution >= 0.6 is 11.6 Å². The van der Waals surface area contributed by atoms with Gasteiger partial charge in [0.15, 0.2) is 0 Å². The summed E-state index contributed by atoms with van der Waals surface area (Å²) in [6.07, 6.45) is -2.90. The molecule has 0 aliphatic carbocycles. The molecule has 11 heteroatoms. The van der Waals surface area contributed by atoms with Crippen LogP contribution in [-0.4, -0.2) is 41.9 Å². The van der Waals surface area contributed by atoms with E-state index in [-0.39, 0.29) is 29.6 Å². The lowest BCUT2D eigenvalue weighted by molar-refractivity contribution is -0.152. The zero-order valence-electron chi connectivity index (χ0n) is 15.3. The zero-order valence-corrected chi connectivity index (χ0v) is 16.1. The third kappa shape index (κ3) is 4.81. The first-order valence-electron chi connectivity index (χ1n) is 8.77. The molecule has 1 fully saturated rings. The number of nitrogens with one attached hydrogen (secondary N) is 2. The second kappa shape index (κ2) is 8.32. The van der Waals surface area contributed by atoms with Gasteiger partial charge in [0.2, 0.25) is 5.56 Å². The number of ether oxygens (including phenoxy) is 1. The van der Waals surface area contributed by atoms with Crippen LogP contribution in [-0.2, 0) is 4.74 Å². The number of amides is 1. The van der Waals surface area contributed by atoms with E-state index in [4.69, 9.17) is 11.6 Å². The number of alkyl halides is 3. The molecule has 2 aromatic rings. The second-order valence-electron chi connectivity index (χ2n) is 6.53. The molecular weight excluding hydrogens is 413 g/mol. The van der Waals surface area contributed by atoms with Gasteiger partial charge in [-0.2, -0.15) is 13.2 Å². The predicted octanol–water partition coefficient (Wildman–Crippen LogP) is 4.19. The highest BCUT2D eigenvalue weighted by Gasteiger charge is 2.45. The number of aromatic amines is 1. The Morgan fingerprint density at radius 2 is 2.10 bits per heavy atom. The van der Waals surface area contributed by atoms with Crippen molar-refractivity contribution in [1.29, 1.82) is 0 Å². The number of nitrogens with zero attached hydrogens (tertiary/aromatic N) is 2. The average molecular weight is 431 g/mol. The minimum atomic E-state index is -4.42. The van der Waals surface area contributed by atoms with Crippen molar-refractivity contribution in [2.45, 2.75) is 31.5 Å². The highest BCUT2D eigenvalue weighted by Crippen LogP contribution is 2.36. The maximum atomic E-state index is 13.5. The molecule has 0 radical (unpaired) electrons. The molecule has 1 atom stereocenters. The summed E-state index contributed by atoms with van der Waals surface area (Å²) in [5.41, 5.74) is 0.0657. The van der Waals surface area contributed by atoms with Crippen molar-refractivity contribution >= 4 is 29.3 Å². The van der Waals surface area contributed by atoms with Crippen molar-refractivity contribution in [2.75, 3.05) is 23.9 Å². The summed E-state index contributed by atoms with van der Waals surface area (Å²) in [4.78, 5) is 31.2. The fraction of sp³-hybridized carbons (Fsp3) is 0.389. The standard InChI is InChI=1S/C18H18ClF3N4O3/c1-29-17(28)24-14-8-11(12(19)9-23-14)10-6-15(25-16(27)7-10)26-5-3-2-4-13(26)18(20,21)22/h6-9,13H,2-5H2,1H3,(H,25,27)(H,23,24,28)/t13-/m1/s1. The number of aromatic nitrogens is 2. The van der Waals surface area contributed by atoms with E-state index < -0.39 is 23.9 Å². The normalized spacial score (nSPS) is 17.1. The van der Waals surface area contributed by atoms with Gasteiger partial charge in [0.1, 0.15) is 17.7 Å². The lowest BCUT2D eigenvalue weighted by Crippen LogP contribution is -2.49. The summed E-state index contributed by atoms with van der Waals surface area (Å²) in [6.45, 7) is 0.169. The fourth-order valence-corrected chi connectivity index (χ4v) is 3.50. The molecule has 0 spiro atoms. The van der Waals surface area contributed by atoms with Crippen LogP contribution in [0.1, 0.15) is 19.3 Å². The second-order valence-corrected chi connectivity index (χ2v) is 6.94. The first-order chi connectivity index (χ1) is 13.7. The van der Waals surface area contributed by atoms with Crippen LogP contribution < -0.4 is 15.8 Å². The van der Waals surface area contributed by atoms with Gasteiger partial charge in [0.25, 0.3) is 0 Å². The number of H-pyrrole nitrogens is 1. The minimum Gasteiger partial charge on any atom is -0.453 e. The number of carbonyl (C=O) groups excluding carboxylic acids is 1. The van der Waals surface area contributed by atoms with Gasteiger partial charge < -0.3 is 14.6 Å². The summed E-state index contributed by atoms with van der Waals surface area (Å²) < 4.78 is 44.9. The Bertz CT molecular complexity index is 964. The molecule has 0 aromatic carbocycles. The Hall–Kier alpha value is -2.75. The van der Waals surface area contributed by atoms with Crippen molar-refractivity contribution in [3.05, 3.63) is 39.8 Å². The van der Waals surface area contributed by atoms with Crippen molar-refractivity contribution in [1.82, 2.24) is 9.97 Å². The molecule has 3 heterocycles. The fourth-order valence-electron chi connectivity index (χ4n) is 3.28. The average Bonchev–Trinajstić information content (AvgIpc) is 2.68. The van der Waals surface area contributed by atoms with Crippen LogP contribution in [0.25, 0.3) is 11.1 Å². The maximum absolute atomic E-state index is 13.5. The van der Waals surface area contributed by atoms with Gasteiger partial charge in [-0.1, -0.05) is 11.6 Å². The van der Waals surface area contributed by atoms with Crippen LogP contribution in [0.5, 0.6) is 0 Å². The molecule has 29 heavy (non-hydrogen) atoms. The Labute approximate surface area is 168 Å². The lowest BCUT2D eigenvalue weighted by atomic mass is 10.0. The van der Waals surface area contributed by atoms with Crippen LogP contribution in [0.2, 0.25) is 5.02 Å². The molecule has 1 aliphatic rings. The molecule has 3 rings (SSSR count). The van der Waals surface area contributed by atoms with E-state index in [1.807, 2.05) is 0 Å². The van der Waals surface area contributed by atoms with E-state index in [0.717, 1.165) is 4.90 Å². The molecule has 2 N–H and O–H groups in total. The number of hydrogen-bond acceptors (Lipinski definition) is 5. The number of anilines is 2. The molecule has 0 bridgehead atoms. The number of rotatable bonds is 3. The Morgan fingerprint density at radius 1 is 1.34 bits per heavy atom. The summed E-state index contributed by atoms with van der Waals surface area (Å²) in [7, 11) is 1.19. The van der Waals surface area contributed by atoms with Crippen LogP contribution in [0.3, 0.4) is 0 Å². The third-order valence-corrected chi connectivity index (χ3v) is 4.90. The zero-order chi connectivity index (χ0) is 21.2. The quantitative estimate of drug-likeness (QED) is 0.762. The summed E-state index contributed by atoms with van der Waals surface area (Å²) in [6, 6.07) is 2.40. The first-order valence-corrected chi connectivity index (χ1v) is 9.15. The predicted molar refractivity (Wildman–Crippen MR) is 102 cm³/mol. The molecular formula is C18H18ClF3N4O3. The summed E-state index contributed by atoms with van der Waals surface area (Å²) in [5, 5.41) is 2.54. The number of hydrogen-bond donors (Lipinski definition) is 2. The van der Waals surface area contributed by atoms with E-state index in [2.05, 4.69) is 20.0 Å². The lowest BCUT2D eigenvalue weighted by Gasteiger charge is -2.38. The van der Waals surface area contributed by atoms with Gasteiger partial charge in [-0.3, -0.25) is 10.1 Å². The number of methoxy groups -OCH3 is 1. The molecule has 7 nitrogen and oxygen atoms in total. The van der Waals surface area contributed by atoms with Crippen molar-refractivity contribution < 1.29 is 22.7 Å². The summed E-state index contributed by atoms with van der Waals surface area (Å²) in [5.74, 6) is 0.175. The molecule has 156 valence electrons. The largest absolute Gasteiger partial charge is 0.453 e. The molecule has 1 aliphatic heterocycles. The number of halogens is 4. The van der Waals surface area contributed by atoms with Gasteiger partial charge in [0, 0.05) is 24.4 Å². The van der Waals surface area contributed by atoms with E-state index in [0.29, 0.717) is 24.0 Å². The van der Waals surface area contributed by atoms with Crippen molar-refractivity contribution in [3.8, 4) is 11.1 Å². The topological polar surface area (TPSA) is 87.3 Å². The highest BCUT2D eigenvalue weighted by atomic mass is 35.5. The van der Waals surface area contributed by atoms with E-state index in [1.165, 1.54) is 31.5 Å². The number of piperidine rings is 1. The van der Waals surface area contributed by atoms with E-state index in [1.54, 1.807) is 0 Å². The van der Waals surface area contributed by atoms with Gasteiger partial charge >= 0.3 is 12.3 Å². The van der Waals surface area contributed by atoms with Gasteiger partial charge in [0.05, 0.1) is 12.1 Å². The molecule has 1 amide bonds. The first kappa shape index (κ1) is 21.0. The van der Waals surface area contributed by atoms with Crippen LogP contribution in [0.15, 0.2) is 29.2 Å². The monoisotopic (exact) mass is 430 g/mol. The van der Waals surface area contributed by atoms with Gasteiger partial charge in [-0.05, 0) is 37.0 Å². The van der Waals surface area contributed by atoms with E-state index in [9.17, 15) is 22.8 Å². The third-order valence-electron chi connectivity index (χ3n) is 4.60. The van der Waals surface area contributed by atoms with Crippen molar-refractivity contribution in [3.63, 3.8) is 0 Å². The maximum Gasteiger partial charge on any atom is 0.412 e. The minimum absolute atomic E-state index is 0.0427. The molecule has 0 saturated carbocycles. The number of carbonyl (C=O) groups is 1. The van der Waals surface area contributed by atoms with Crippen LogP contribution in [0.4, 0.5) is 29.6 Å².